The number of benzene rings is 1. The van der Waals surface area contributed by atoms with Crippen molar-refractivity contribution in [2.75, 3.05) is 32.1 Å². The van der Waals surface area contributed by atoms with Crippen molar-refractivity contribution in [2.45, 2.75) is 32.7 Å². The monoisotopic (exact) mass is 381 g/mol. The first-order valence-corrected chi connectivity index (χ1v) is 8.98. The van der Waals surface area contributed by atoms with Crippen LogP contribution in [0.1, 0.15) is 25.3 Å². The predicted octanol–water partition coefficient (Wildman–Crippen LogP) is 2.21. The number of carbonyl (C=O) groups is 2. The van der Waals surface area contributed by atoms with Crippen LogP contribution in [0, 0.1) is 18.8 Å². The highest BCUT2D eigenvalue weighted by molar-refractivity contribution is 5.98. The number of nitrogens with zero attached hydrogens (tertiary/aromatic N) is 1. The van der Waals surface area contributed by atoms with Gasteiger partial charge in [-0.2, -0.15) is 0 Å². The van der Waals surface area contributed by atoms with E-state index in [1.807, 2.05) is 32.0 Å². The van der Waals surface area contributed by atoms with Gasteiger partial charge >= 0.3 is 0 Å². The first-order chi connectivity index (χ1) is 12.0. The van der Waals surface area contributed by atoms with Gasteiger partial charge in [0.15, 0.2) is 0 Å². The molecule has 2 aliphatic rings. The molecule has 7 heteroatoms. The van der Waals surface area contributed by atoms with E-state index in [0.29, 0.717) is 30.3 Å². The fourth-order valence-corrected chi connectivity index (χ4v) is 3.57. The zero-order valence-corrected chi connectivity index (χ0v) is 16.4. The van der Waals surface area contributed by atoms with Crippen LogP contribution < -0.4 is 15.4 Å². The summed E-state index contributed by atoms with van der Waals surface area (Å²) < 4.78 is 5.33. The van der Waals surface area contributed by atoms with Gasteiger partial charge in [0.2, 0.25) is 11.8 Å². The van der Waals surface area contributed by atoms with Gasteiger partial charge in [0.25, 0.3) is 0 Å². The molecule has 144 valence electrons. The van der Waals surface area contributed by atoms with E-state index in [2.05, 4.69) is 10.6 Å². The summed E-state index contributed by atoms with van der Waals surface area (Å²) >= 11 is 0. The van der Waals surface area contributed by atoms with Gasteiger partial charge < -0.3 is 20.3 Å². The lowest BCUT2D eigenvalue weighted by Gasteiger charge is -2.35. The number of ether oxygens (including phenoxy) is 1. The van der Waals surface area contributed by atoms with E-state index in [0.717, 1.165) is 25.1 Å². The summed E-state index contributed by atoms with van der Waals surface area (Å²) in [6, 6.07) is 5.27. The molecular formula is C19H28ClN3O3. The Bertz CT molecular complexity index is 663. The molecule has 2 N–H and O–H groups in total. The molecule has 2 saturated heterocycles. The summed E-state index contributed by atoms with van der Waals surface area (Å²) in [5.74, 6) is 0.939. The van der Waals surface area contributed by atoms with Crippen molar-refractivity contribution in [1.82, 2.24) is 10.2 Å². The molecule has 1 aromatic carbocycles. The predicted molar refractivity (Wildman–Crippen MR) is 104 cm³/mol. The Hall–Kier alpha value is -1.79. The third kappa shape index (κ3) is 4.13. The van der Waals surface area contributed by atoms with Gasteiger partial charge in [0.05, 0.1) is 12.8 Å². The van der Waals surface area contributed by atoms with Crippen LogP contribution in [0.25, 0.3) is 0 Å². The SMILES string of the molecule is COc1ccc(C)cc1NC(=O)C1CCCN1C(=O)C(C)C1CNC1.Cl. The smallest absolute Gasteiger partial charge is 0.247 e. The Balaban J connectivity index is 0.00000243. The van der Waals surface area contributed by atoms with Gasteiger partial charge in [-0.25, -0.2) is 0 Å². The molecule has 0 aliphatic carbocycles. The molecule has 0 radical (unpaired) electrons. The zero-order valence-electron chi connectivity index (χ0n) is 15.6. The lowest BCUT2D eigenvalue weighted by Crippen LogP contribution is -2.52. The van der Waals surface area contributed by atoms with Crippen LogP contribution in [0.15, 0.2) is 18.2 Å². The van der Waals surface area contributed by atoms with E-state index < -0.39 is 6.04 Å². The number of hydrogen-bond acceptors (Lipinski definition) is 4. The van der Waals surface area contributed by atoms with Crippen LogP contribution >= 0.6 is 12.4 Å². The lowest BCUT2D eigenvalue weighted by molar-refractivity contribution is -0.141. The third-order valence-electron chi connectivity index (χ3n) is 5.36. The van der Waals surface area contributed by atoms with Crippen molar-refractivity contribution in [1.29, 1.82) is 0 Å². The summed E-state index contributed by atoms with van der Waals surface area (Å²) in [7, 11) is 1.58. The molecule has 0 bridgehead atoms. The molecule has 3 rings (SSSR count). The summed E-state index contributed by atoms with van der Waals surface area (Å²) in [6.45, 7) is 6.38. The molecule has 0 spiro atoms. The van der Waals surface area contributed by atoms with Crippen molar-refractivity contribution in [3.8, 4) is 5.75 Å². The Morgan fingerprint density at radius 2 is 2.08 bits per heavy atom. The van der Waals surface area contributed by atoms with Gasteiger partial charge in [-0.05, 0) is 56.5 Å². The highest BCUT2D eigenvalue weighted by Gasteiger charge is 2.39. The number of rotatable bonds is 5. The maximum Gasteiger partial charge on any atom is 0.247 e. The number of nitrogens with one attached hydrogen (secondary N) is 2. The summed E-state index contributed by atoms with van der Waals surface area (Å²) in [5, 5.41) is 6.16. The number of halogens is 1. The number of likely N-dealkylation sites (tertiary alicyclic amines) is 1. The maximum absolute atomic E-state index is 12.8. The zero-order chi connectivity index (χ0) is 18.0. The quantitative estimate of drug-likeness (QED) is 0.820. The number of hydrogen-bond donors (Lipinski definition) is 2. The number of methoxy groups -OCH3 is 1. The molecular weight excluding hydrogens is 354 g/mol. The minimum Gasteiger partial charge on any atom is -0.495 e. The molecule has 2 heterocycles. The van der Waals surface area contributed by atoms with Crippen molar-refractivity contribution in [2.24, 2.45) is 11.8 Å². The van der Waals surface area contributed by atoms with Crippen molar-refractivity contribution < 1.29 is 14.3 Å². The minimum absolute atomic E-state index is 0. The van der Waals surface area contributed by atoms with Crippen molar-refractivity contribution in [3.05, 3.63) is 23.8 Å². The molecule has 0 saturated carbocycles. The standard InChI is InChI=1S/C19H27N3O3.ClH/c1-12-6-7-17(25-3)15(9-12)21-18(23)16-5-4-8-22(16)19(24)13(2)14-10-20-11-14;/h6-7,9,13-14,16,20H,4-5,8,10-11H2,1-3H3,(H,21,23);1H. The minimum atomic E-state index is -0.395. The normalized spacial score (nSPS) is 20.7. The van der Waals surface area contributed by atoms with E-state index in [1.165, 1.54) is 0 Å². The molecule has 1 aromatic rings. The van der Waals surface area contributed by atoms with E-state index in [9.17, 15) is 9.59 Å². The van der Waals surface area contributed by atoms with Gasteiger partial charge in [-0.15, -0.1) is 12.4 Å². The van der Waals surface area contributed by atoms with Crippen molar-refractivity contribution in [3.63, 3.8) is 0 Å². The van der Waals surface area contributed by atoms with Crippen LogP contribution in [-0.4, -0.2) is 49.5 Å². The molecule has 0 aromatic heterocycles. The second-order valence-corrected chi connectivity index (χ2v) is 7.09. The molecule has 2 fully saturated rings. The van der Waals surface area contributed by atoms with Gasteiger partial charge in [-0.1, -0.05) is 13.0 Å². The molecule has 2 unspecified atom stereocenters. The fourth-order valence-electron chi connectivity index (χ4n) is 3.57. The highest BCUT2D eigenvalue weighted by Crippen LogP contribution is 2.28. The van der Waals surface area contributed by atoms with Crippen molar-refractivity contribution >= 4 is 29.9 Å². The second-order valence-electron chi connectivity index (χ2n) is 7.09. The average molecular weight is 382 g/mol. The van der Waals surface area contributed by atoms with Crippen LogP contribution in [0.4, 0.5) is 5.69 Å². The maximum atomic E-state index is 12.8. The summed E-state index contributed by atoms with van der Waals surface area (Å²) in [4.78, 5) is 27.4. The first-order valence-electron chi connectivity index (χ1n) is 8.98. The largest absolute Gasteiger partial charge is 0.495 e. The Morgan fingerprint density at radius 3 is 2.69 bits per heavy atom. The number of aryl methyl sites for hydroxylation is 1. The van der Waals surface area contributed by atoms with E-state index in [1.54, 1.807) is 12.0 Å². The Morgan fingerprint density at radius 1 is 1.35 bits per heavy atom. The lowest BCUT2D eigenvalue weighted by atomic mass is 9.88. The summed E-state index contributed by atoms with van der Waals surface area (Å²) in [5.41, 5.74) is 1.70. The van der Waals surface area contributed by atoms with Crippen LogP contribution in [0.5, 0.6) is 5.75 Å². The molecule has 2 aliphatic heterocycles. The topological polar surface area (TPSA) is 70.7 Å². The number of anilines is 1. The van der Waals surface area contributed by atoms with Crippen LogP contribution in [0.3, 0.4) is 0 Å². The fraction of sp³-hybridized carbons (Fsp3) is 0.579. The molecule has 2 amide bonds. The van der Waals surface area contributed by atoms with Gasteiger partial charge in [0.1, 0.15) is 11.8 Å². The van der Waals surface area contributed by atoms with Gasteiger partial charge in [0, 0.05) is 12.5 Å². The highest BCUT2D eigenvalue weighted by atomic mass is 35.5. The third-order valence-corrected chi connectivity index (χ3v) is 5.36. The van der Waals surface area contributed by atoms with E-state index >= 15 is 0 Å². The molecule has 26 heavy (non-hydrogen) atoms. The average Bonchev–Trinajstić information content (AvgIpc) is 3.02. The summed E-state index contributed by atoms with van der Waals surface area (Å²) in [6.07, 6.45) is 1.58. The van der Waals surface area contributed by atoms with E-state index in [4.69, 9.17) is 4.74 Å². The van der Waals surface area contributed by atoms with Crippen LogP contribution in [0.2, 0.25) is 0 Å². The Kier molecular flexibility index (Phi) is 6.89. The molecule has 6 nitrogen and oxygen atoms in total. The molecule has 2 atom stereocenters. The second kappa shape index (κ2) is 8.73. The van der Waals surface area contributed by atoms with Crippen LogP contribution in [-0.2, 0) is 9.59 Å². The number of amides is 2. The number of carbonyl (C=O) groups excluding carboxylic acids is 2. The van der Waals surface area contributed by atoms with Gasteiger partial charge in [-0.3, -0.25) is 9.59 Å². The van der Waals surface area contributed by atoms with E-state index in [-0.39, 0.29) is 30.1 Å². The Labute approximate surface area is 161 Å². The first kappa shape index (κ1) is 20.5.